The molecule has 0 radical (unpaired) electrons. The zero-order valence-electron chi connectivity index (χ0n) is 14.5. The van der Waals surface area contributed by atoms with Gasteiger partial charge >= 0.3 is 0 Å². The Bertz CT molecular complexity index is 602. The van der Waals surface area contributed by atoms with E-state index >= 15 is 0 Å². The topological polar surface area (TPSA) is 0 Å². The van der Waals surface area contributed by atoms with E-state index in [1.165, 1.54) is 38.5 Å². The largest absolute Gasteiger partial charge is 0.181 e. The van der Waals surface area contributed by atoms with Gasteiger partial charge in [0.2, 0.25) is 0 Å². The zero-order chi connectivity index (χ0) is 15.9. The second-order valence-electron chi connectivity index (χ2n) is 8.39. The van der Waals surface area contributed by atoms with E-state index in [2.05, 4.69) is 60.7 Å². The molecule has 0 spiro atoms. The van der Waals surface area contributed by atoms with Crippen LogP contribution in [0.15, 0.2) is 60.7 Å². The van der Waals surface area contributed by atoms with E-state index in [9.17, 15) is 0 Å². The van der Waals surface area contributed by atoms with Crippen molar-refractivity contribution in [1.82, 2.24) is 0 Å². The third-order valence-electron chi connectivity index (χ3n) is 7.46. The monoisotopic (exact) mass is 312 g/mol. The Balaban J connectivity index is 1.58. The van der Waals surface area contributed by atoms with Crippen LogP contribution in [-0.4, -0.2) is 13.4 Å². The first-order valence-electron chi connectivity index (χ1n) is 10.0. The summed E-state index contributed by atoms with van der Waals surface area (Å²) in [7, 11) is 0. The molecule has 1 saturated heterocycles. The van der Waals surface area contributed by atoms with Gasteiger partial charge in [0.15, 0.2) is 13.4 Å². The van der Waals surface area contributed by atoms with Crippen LogP contribution >= 0.6 is 0 Å². The molecule has 1 heterocycles. The molecule has 2 unspecified atom stereocenters. The van der Waals surface area contributed by atoms with Gasteiger partial charge in [0.05, 0.1) is 0 Å². The van der Waals surface area contributed by atoms with Crippen molar-refractivity contribution < 1.29 is 0 Å². The van der Waals surface area contributed by atoms with Crippen LogP contribution in [0.5, 0.6) is 0 Å². The Kier molecular flexibility index (Phi) is 3.80. The molecule has 0 N–H and O–H groups in total. The highest BCUT2D eigenvalue weighted by molar-refractivity contribution is 6.86. The molecule has 3 aliphatic rings. The molecule has 4 atom stereocenters. The van der Waals surface area contributed by atoms with Gasteiger partial charge in [0, 0.05) is 0 Å². The van der Waals surface area contributed by atoms with E-state index in [-0.39, 0.29) is 0 Å². The summed E-state index contributed by atoms with van der Waals surface area (Å²) >= 11 is 0. The summed E-state index contributed by atoms with van der Waals surface area (Å²) in [6, 6.07) is 23.0. The molecule has 0 amide bonds. The molecular weight excluding hydrogens is 286 g/mol. The second kappa shape index (κ2) is 6.13. The van der Waals surface area contributed by atoms with Gasteiger partial charge in [-0.2, -0.15) is 0 Å². The third-order valence-corrected chi connectivity index (χ3v) is 7.46. The van der Waals surface area contributed by atoms with Crippen LogP contribution in [0.2, 0.25) is 23.3 Å². The van der Waals surface area contributed by atoms with Crippen molar-refractivity contribution in [3.63, 3.8) is 0 Å². The standard InChI is InChI=1S/C22H26B2/c1-3-9-17(10-4-1)23-19-13-7-15-21(19)24(18-11-5-2-6-12-18)22-16-8-14-20(22)23/h1-6,9-12,19-22H,7-8,13-16H2/t19-,20+,21?,22?. The molecule has 0 nitrogen and oxygen atoms in total. The molecule has 5 rings (SSSR count). The highest BCUT2D eigenvalue weighted by atomic mass is 14.4. The summed E-state index contributed by atoms with van der Waals surface area (Å²) in [5, 5.41) is 0. The fourth-order valence-electron chi connectivity index (χ4n) is 6.79. The first kappa shape index (κ1) is 14.9. The first-order valence-corrected chi connectivity index (χ1v) is 10.0. The quantitative estimate of drug-likeness (QED) is 0.708. The Labute approximate surface area is 147 Å². The number of benzene rings is 2. The molecule has 1 aliphatic heterocycles. The Hall–Kier alpha value is -1.43. The van der Waals surface area contributed by atoms with Gasteiger partial charge < -0.3 is 0 Å². The first-order chi connectivity index (χ1) is 11.9. The molecule has 120 valence electrons. The lowest BCUT2D eigenvalue weighted by Gasteiger charge is -2.45. The normalized spacial score (nSPS) is 31.8. The molecule has 0 aromatic heterocycles. The summed E-state index contributed by atoms with van der Waals surface area (Å²) in [6.07, 6.45) is 8.71. The Morgan fingerprint density at radius 1 is 0.500 bits per heavy atom. The van der Waals surface area contributed by atoms with Crippen LogP contribution in [0, 0.1) is 0 Å². The van der Waals surface area contributed by atoms with Crippen molar-refractivity contribution >= 4 is 24.4 Å². The molecule has 2 aromatic rings. The van der Waals surface area contributed by atoms with Crippen LogP contribution in [0.25, 0.3) is 0 Å². The average Bonchev–Trinajstić information content (AvgIpc) is 3.30. The second-order valence-corrected chi connectivity index (χ2v) is 8.39. The van der Waals surface area contributed by atoms with Crippen molar-refractivity contribution in [2.75, 3.05) is 0 Å². The minimum absolute atomic E-state index is 0.825. The maximum atomic E-state index is 2.41. The summed E-state index contributed by atoms with van der Waals surface area (Å²) in [5.74, 6) is 3.66. The maximum absolute atomic E-state index is 2.41. The summed E-state index contributed by atoms with van der Waals surface area (Å²) < 4.78 is 0. The minimum Gasteiger partial charge on any atom is -0.0795 e. The molecule has 2 aliphatic carbocycles. The average molecular weight is 312 g/mol. The lowest BCUT2D eigenvalue weighted by molar-refractivity contribution is 0.710. The summed E-state index contributed by atoms with van der Waals surface area (Å²) in [5.41, 5.74) is 3.27. The van der Waals surface area contributed by atoms with Crippen LogP contribution in [0.1, 0.15) is 38.5 Å². The van der Waals surface area contributed by atoms with E-state index in [1.807, 2.05) is 0 Å². The van der Waals surface area contributed by atoms with E-state index in [4.69, 9.17) is 0 Å². The SMILES string of the molecule is c1ccc(B2C3CCC[C@@H]3B(c3ccccc3)[C@@H]3CCCC23)cc1. The zero-order valence-corrected chi connectivity index (χ0v) is 14.5. The molecule has 0 bridgehead atoms. The molecule has 2 aromatic carbocycles. The van der Waals surface area contributed by atoms with Crippen LogP contribution in [-0.2, 0) is 0 Å². The van der Waals surface area contributed by atoms with Crippen molar-refractivity contribution in [3.05, 3.63) is 60.7 Å². The van der Waals surface area contributed by atoms with Gasteiger partial charge in [-0.3, -0.25) is 0 Å². The minimum atomic E-state index is 0.825. The highest BCUT2D eigenvalue weighted by Crippen LogP contribution is 2.61. The van der Waals surface area contributed by atoms with E-state index < -0.39 is 0 Å². The number of fused-ring (bicyclic) bond motifs is 2. The lowest BCUT2D eigenvalue weighted by Crippen LogP contribution is -2.53. The molecule has 2 heteroatoms. The fraction of sp³-hybridized carbons (Fsp3) is 0.455. The van der Waals surface area contributed by atoms with E-state index in [1.54, 1.807) is 10.9 Å². The number of rotatable bonds is 2. The van der Waals surface area contributed by atoms with Gasteiger partial charge in [-0.15, -0.1) is 0 Å². The van der Waals surface area contributed by atoms with Crippen molar-refractivity contribution in [3.8, 4) is 0 Å². The third kappa shape index (κ3) is 2.30. The lowest BCUT2D eigenvalue weighted by atomic mass is 9.11. The summed E-state index contributed by atoms with van der Waals surface area (Å²) in [6.45, 7) is 1.65. The predicted octanol–water partition coefficient (Wildman–Crippen LogP) is 4.65. The maximum Gasteiger partial charge on any atom is 0.181 e. The van der Waals surface area contributed by atoms with Gasteiger partial charge in [-0.05, 0) is 0 Å². The van der Waals surface area contributed by atoms with Gasteiger partial charge in [-0.25, -0.2) is 0 Å². The van der Waals surface area contributed by atoms with E-state index in [0.717, 1.165) is 36.7 Å². The molecule has 3 fully saturated rings. The van der Waals surface area contributed by atoms with E-state index in [0.29, 0.717) is 0 Å². The molecule has 24 heavy (non-hydrogen) atoms. The van der Waals surface area contributed by atoms with Crippen molar-refractivity contribution in [2.24, 2.45) is 0 Å². The smallest absolute Gasteiger partial charge is 0.0795 e. The van der Waals surface area contributed by atoms with Gasteiger partial charge in [0.25, 0.3) is 0 Å². The Morgan fingerprint density at radius 2 is 0.833 bits per heavy atom. The van der Waals surface area contributed by atoms with Crippen LogP contribution < -0.4 is 10.9 Å². The van der Waals surface area contributed by atoms with Crippen molar-refractivity contribution in [2.45, 2.75) is 61.8 Å². The predicted molar refractivity (Wildman–Crippen MR) is 106 cm³/mol. The number of hydrogen-bond donors (Lipinski definition) is 0. The fourth-order valence-corrected chi connectivity index (χ4v) is 6.79. The summed E-state index contributed by atoms with van der Waals surface area (Å²) in [4.78, 5) is 0. The van der Waals surface area contributed by atoms with Crippen molar-refractivity contribution in [1.29, 1.82) is 0 Å². The van der Waals surface area contributed by atoms with Gasteiger partial charge in [0.1, 0.15) is 0 Å². The Morgan fingerprint density at radius 3 is 1.17 bits per heavy atom. The van der Waals surface area contributed by atoms with Crippen LogP contribution in [0.4, 0.5) is 0 Å². The molecular formula is C22H26B2. The van der Waals surface area contributed by atoms with Gasteiger partial charge in [-0.1, -0.05) is 133 Å². The van der Waals surface area contributed by atoms with Crippen LogP contribution in [0.3, 0.4) is 0 Å². The number of hydrogen-bond acceptors (Lipinski definition) is 0. The highest BCUT2D eigenvalue weighted by Gasteiger charge is 2.56. The molecule has 2 saturated carbocycles.